The van der Waals surface area contributed by atoms with Crippen molar-refractivity contribution in [3.8, 4) is 0 Å². The molecule has 1 heterocycles. The van der Waals surface area contributed by atoms with E-state index in [0.29, 0.717) is 5.56 Å². The highest BCUT2D eigenvalue weighted by Crippen LogP contribution is 2.40. The standard InChI is InChI=1S/C8H10FNS/c9-7-6(2-5-11-7)8(10)3-1-4-8/h2,5H,1,3-4,10H2. The van der Waals surface area contributed by atoms with Gasteiger partial charge in [-0.2, -0.15) is 4.39 Å². The fourth-order valence-electron chi connectivity index (χ4n) is 1.48. The van der Waals surface area contributed by atoms with E-state index in [4.69, 9.17) is 5.73 Å². The van der Waals surface area contributed by atoms with Crippen molar-refractivity contribution in [1.82, 2.24) is 0 Å². The quantitative estimate of drug-likeness (QED) is 0.689. The van der Waals surface area contributed by atoms with Gasteiger partial charge in [-0.25, -0.2) is 0 Å². The van der Waals surface area contributed by atoms with Crippen LogP contribution in [0.2, 0.25) is 0 Å². The second kappa shape index (κ2) is 2.29. The smallest absolute Gasteiger partial charge is 0.181 e. The normalized spacial score (nSPS) is 21.3. The maximum Gasteiger partial charge on any atom is 0.181 e. The third kappa shape index (κ3) is 0.993. The number of thiophene rings is 1. The molecule has 1 fully saturated rings. The average molecular weight is 171 g/mol. The number of nitrogens with two attached hydrogens (primary N) is 1. The summed E-state index contributed by atoms with van der Waals surface area (Å²) in [6, 6.07) is 1.80. The molecule has 2 N–H and O–H groups in total. The second-order valence-electron chi connectivity index (χ2n) is 3.12. The Labute approximate surface area is 69.0 Å². The zero-order valence-electron chi connectivity index (χ0n) is 6.14. The fourth-order valence-corrected chi connectivity index (χ4v) is 2.20. The molecule has 1 aromatic rings. The molecule has 0 saturated heterocycles. The van der Waals surface area contributed by atoms with E-state index in [2.05, 4.69) is 0 Å². The van der Waals surface area contributed by atoms with E-state index in [1.807, 2.05) is 0 Å². The van der Waals surface area contributed by atoms with Crippen molar-refractivity contribution in [2.75, 3.05) is 0 Å². The topological polar surface area (TPSA) is 26.0 Å². The predicted octanol–water partition coefficient (Wildman–Crippen LogP) is 2.23. The van der Waals surface area contributed by atoms with Gasteiger partial charge in [-0.05, 0) is 30.7 Å². The molecule has 1 aliphatic rings. The summed E-state index contributed by atoms with van der Waals surface area (Å²) in [5.41, 5.74) is 6.32. The minimum Gasteiger partial charge on any atom is -0.321 e. The molecular weight excluding hydrogens is 161 g/mol. The van der Waals surface area contributed by atoms with E-state index in [1.54, 1.807) is 11.4 Å². The Kier molecular flexibility index (Phi) is 1.51. The summed E-state index contributed by atoms with van der Waals surface area (Å²) >= 11 is 1.13. The van der Waals surface area contributed by atoms with Crippen molar-refractivity contribution in [3.63, 3.8) is 0 Å². The number of halogens is 1. The van der Waals surface area contributed by atoms with Crippen molar-refractivity contribution in [3.05, 3.63) is 22.1 Å². The zero-order chi connectivity index (χ0) is 7.90. The van der Waals surface area contributed by atoms with Crippen LogP contribution in [0.25, 0.3) is 0 Å². The van der Waals surface area contributed by atoms with Gasteiger partial charge in [-0.3, -0.25) is 0 Å². The summed E-state index contributed by atoms with van der Waals surface area (Å²) in [7, 11) is 0. The van der Waals surface area contributed by atoms with Gasteiger partial charge in [0.1, 0.15) is 0 Å². The van der Waals surface area contributed by atoms with Crippen LogP contribution in [0.4, 0.5) is 4.39 Å². The monoisotopic (exact) mass is 171 g/mol. The first kappa shape index (κ1) is 7.25. The summed E-state index contributed by atoms with van der Waals surface area (Å²) in [6.45, 7) is 0. The lowest BCUT2D eigenvalue weighted by Crippen LogP contribution is -2.43. The van der Waals surface area contributed by atoms with Crippen molar-refractivity contribution in [2.24, 2.45) is 5.73 Å². The Bertz CT molecular complexity index is 265. The van der Waals surface area contributed by atoms with Gasteiger partial charge in [0, 0.05) is 11.1 Å². The lowest BCUT2D eigenvalue weighted by Gasteiger charge is -2.37. The molecule has 11 heavy (non-hydrogen) atoms. The van der Waals surface area contributed by atoms with Gasteiger partial charge in [0.25, 0.3) is 0 Å². The maximum atomic E-state index is 13.0. The highest BCUT2D eigenvalue weighted by Gasteiger charge is 2.36. The molecule has 1 aliphatic carbocycles. The summed E-state index contributed by atoms with van der Waals surface area (Å²) < 4.78 is 13.0. The van der Waals surface area contributed by atoms with Gasteiger partial charge < -0.3 is 5.73 Å². The molecule has 0 aliphatic heterocycles. The molecule has 0 amide bonds. The van der Waals surface area contributed by atoms with Crippen molar-refractivity contribution >= 4 is 11.3 Å². The molecule has 1 aromatic heterocycles. The van der Waals surface area contributed by atoms with Gasteiger partial charge >= 0.3 is 0 Å². The first-order valence-electron chi connectivity index (χ1n) is 3.75. The number of hydrogen-bond donors (Lipinski definition) is 1. The van der Waals surface area contributed by atoms with Crippen LogP contribution in [0.5, 0.6) is 0 Å². The van der Waals surface area contributed by atoms with Gasteiger partial charge in [0.05, 0.1) is 0 Å². The van der Waals surface area contributed by atoms with E-state index >= 15 is 0 Å². The van der Waals surface area contributed by atoms with E-state index in [1.165, 1.54) is 0 Å². The lowest BCUT2D eigenvalue weighted by molar-refractivity contribution is 0.247. The van der Waals surface area contributed by atoms with Gasteiger partial charge in [-0.15, -0.1) is 11.3 Å². The minimum atomic E-state index is -0.329. The highest BCUT2D eigenvalue weighted by molar-refractivity contribution is 7.08. The van der Waals surface area contributed by atoms with E-state index in [0.717, 1.165) is 30.6 Å². The van der Waals surface area contributed by atoms with Gasteiger partial charge in [-0.1, -0.05) is 0 Å². The predicted molar refractivity (Wildman–Crippen MR) is 44.0 cm³/mol. The van der Waals surface area contributed by atoms with Crippen LogP contribution in [-0.2, 0) is 5.54 Å². The first-order chi connectivity index (χ1) is 5.22. The third-order valence-electron chi connectivity index (χ3n) is 2.40. The average Bonchev–Trinajstić information content (AvgIpc) is 2.30. The molecule has 0 bridgehead atoms. The molecule has 0 unspecified atom stereocenters. The number of rotatable bonds is 1. The van der Waals surface area contributed by atoms with Crippen LogP contribution in [0.3, 0.4) is 0 Å². The molecule has 0 atom stereocenters. The molecule has 0 aromatic carbocycles. The van der Waals surface area contributed by atoms with E-state index in [-0.39, 0.29) is 10.7 Å². The van der Waals surface area contributed by atoms with Crippen molar-refractivity contribution in [2.45, 2.75) is 24.8 Å². The largest absolute Gasteiger partial charge is 0.321 e. The third-order valence-corrected chi connectivity index (χ3v) is 3.10. The molecular formula is C8H10FNS. The maximum absolute atomic E-state index is 13.0. The van der Waals surface area contributed by atoms with Crippen LogP contribution < -0.4 is 5.73 Å². The van der Waals surface area contributed by atoms with Crippen LogP contribution in [-0.4, -0.2) is 0 Å². The van der Waals surface area contributed by atoms with E-state index < -0.39 is 0 Å². The van der Waals surface area contributed by atoms with Gasteiger partial charge in [0.2, 0.25) is 0 Å². The Balaban J connectivity index is 2.35. The Hall–Kier alpha value is -0.410. The second-order valence-corrected chi connectivity index (χ2v) is 3.98. The SMILES string of the molecule is NC1(c2ccsc2F)CCC1. The molecule has 0 radical (unpaired) electrons. The summed E-state index contributed by atoms with van der Waals surface area (Å²) in [6.07, 6.45) is 2.99. The Morgan fingerprint density at radius 2 is 2.27 bits per heavy atom. The molecule has 1 saturated carbocycles. The molecule has 60 valence electrons. The van der Waals surface area contributed by atoms with Crippen molar-refractivity contribution < 1.29 is 4.39 Å². The van der Waals surface area contributed by atoms with Crippen LogP contribution in [0.15, 0.2) is 11.4 Å². The van der Waals surface area contributed by atoms with Crippen molar-refractivity contribution in [1.29, 1.82) is 0 Å². The summed E-state index contributed by atoms with van der Waals surface area (Å²) in [5.74, 6) is 0. The van der Waals surface area contributed by atoms with Gasteiger partial charge in [0.15, 0.2) is 5.13 Å². The Morgan fingerprint density at radius 1 is 1.55 bits per heavy atom. The van der Waals surface area contributed by atoms with Crippen LogP contribution in [0, 0.1) is 5.13 Å². The van der Waals surface area contributed by atoms with Crippen LogP contribution in [0.1, 0.15) is 24.8 Å². The highest BCUT2D eigenvalue weighted by atomic mass is 32.1. The fraction of sp³-hybridized carbons (Fsp3) is 0.500. The zero-order valence-corrected chi connectivity index (χ0v) is 6.96. The number of hydrogen-bond acceptors (Lipinski definition) is 2. The summed E-state index contributed by atoms with van der Waals surface area (Å²) in [5, 5.41) is 1.66. The molecule has 2 rings (SSSR count). The molecule has 3 heteroatoms. The van der Waals surface area contributed by atoms with E-state index in [9.17, 15) is 4.39 Å². The minimum absolute atomic E-state index is 0.104. The van der Waals surface area contributed by atoms with Crippen LogP contribution >= 0.6 is 11.3 Å². The lowest BCUT2D eigenvalue weighted by atomic mass is 9.74. The molecule has 0 spiro atoms. The Morgan fingerprint density at radius 3 is 2.64 bits per heavy atom. The first-order valence-corrected chi connectivity index (χ1v) is 4.63. The summed E-state index contributed by atoms with van der Waals surface area (Å²) in [4.78, 5) is 0. The molecule has 1 nitrogen and oxygen atoms in total.